The van der Waals surface area contributed by atoms with E-state index in [9.17, 15) is 0 Å². The van der Waals surface area contributed by atoms with E-state index in [4.69, 9.17) is 19.4 Å². The average molecular weight is 702 g/mol. The van der Waals surface area contributed by atoms with Crippen molar-refractivity contribution in [3.05, 3.63) is 188 Å². The van der Waals surface area contributed by atoms with Gasteiger partial charge in [-0.2, -0.15) is 0 Å². The molecule has 2 aromatic heterocycles. The molecule has 0 unspecified atom stereocenters. The largest absolute Gasteiger partial charge is 0.455 e. The standard InChI is InChI=1S/C51H31N3O/c1-2-15-36(16-3-1)49-52-50(42-24-11-18-33-14-5-7-20-39(33)42)54-51(53-49)43-25-12-26-46-47(43)45-31-44(40-21-8-9-22-41(40)48(45)55-46)35-29-27-34(28-30-35)38-23-10-17-32-13-4-6-19-37(32)38/h1-31H. The van der Waals surface area contributed by atoms with Crippen LogP contribution in [0.4, 0.5) is 0 Å². The van der Waals surface area contributed by atoms with Crippen molar-refractivity contribution in [2.45, 2.75) is 0 Å². The zero-order valence-electron chi connectivity index (χ0n) is 29.6. The normalized spacial score (nSPS) is 11.6. The molecule has 0 spiro atoms. The fraction of sp³-hybridized carbons (Fsp3) is 0. The van der Waals surface area contributed by atoms with E-state index in [1.807, 2.05) is 42.5 Å². The first-order valence-corrected chi connectivity index (χ1v) is 18.5. The van der Waals surface area contributed by atoms with E-state index in [-0.39, 0.29) is 0 Å². The second kappa shape index (κ2) is 12.6. The van der Waals surface area contributed by atoms with Crippen molar-refractivity contribution >= 4 is 54.3 Å². The maximum atomic E-state index is 6.75. The van der Waals surface area contributed by atoms with Crippen molar-refractivity contribution in [2.24, 2.45) is 0 Å². The molecule has 11 rings (SSSR count). The van der Waals surface area contributed by atoms with Gasteiger partial charge in [-0.1, -0.05) is 176 Å². The average Bonchev–Trinajstić information content (AvgIpc) is 3.65. The first kappa shape index (κ1) is 31.1. The van der Waals surface area contributed by atoms with Crippen LogP contribution in [-0.2, 0) is 0 Å². The number of nitrogens with zero attached hydrogens (tertiary/aromatic N) is 3. The van der Waals surface area contributed by atoms with Crippen LogP contribution in [0.25, 0.3) is 111 Å². The number of rotatable bonds is 5. The molecule has 0 N–H and O–H groups in total. The molecule has 4 nitrogen and oxygen atoms in total. The molecular formula is C51H31N3O. The lowest BCUT2D eigenvalue weighted by atomic mass is 9.92. The van der Waals surface area contributed by atoms with Gasteiger partial charge in [0.1, 0.15) is 11.2 Å². The van der Waals surface area contributed by atoms with Crippen molar-refractivity contribution in [3.8, 4) is 56.4 Å². The molecule has 0 amide bonds. The third-order valence-electron chi connectivity index (χ3n) is 10.7. The second-order valence-electron chi connectivity index (χ2n) is 13.9. The summed E-state index contributed by atoms with van der Waals surface area (Å²) in [6.45, 7) is 0. The van der Waals surface area contributed by atoms with Crippen LogP contribution in [0.15, 0.2) is 192 Å². The number of fused-ring (bicyclic) bond motifs is 7. The number of hydrogen-bond donors (Lipinski definition) is 0. The Bertz CT molecular complexity index is 3250. The van der Waals surface area contributed by atoms with Gasteiger partial charge in [0.05, 0.1) is 0 Å². The number of furan rings is 1. The van der Waals surface area contributed by atoms with Crippen molar-refractivity contribution in [2.75, 3.05) is 0 Å². The van der Waals surface area contributed by atoms with E-state index in [0.29, 0.717) is 17.5 Å². The molecule has 4 heteroatoms. The zero-order chi connectivity index (χ0) is 36.3. The third kappa shape index (κ3) is 5.19. The molecule has 0 saturated carbocycles. The van der Waals surface area contributed by atoms with Crippen LogP contribution >= 0.6 is 0 Å². The Morgan fingerprint density at radius 3 is 1.55 bits per heavy atom. The molecule has 0 fully saturated rings. The molecular weight excluding hydrogens is 671 g/mol. The lowest BCUT2D eigenvalue weighted by Gasteiger charge is -2.12. The van der Waals surface area contributed by atoms with E-state index < -0.39 is 0 Å². The minimum Gasteiger partial charge on any atom is -0.455 e. The lowest BCUT2D eigenvalue weighted by Crippen LogP contribution is -2.00. The molecule has 11 aromatic rings. The van der Waals surface area contributed by atoms with Crippen LogP contribution in [0.1, 0.15) is 0 Å². The zero-order valence-corrected chi connectivity index (χ0v) is 29.6. The number of hydrogen-bond acceptors (Lipinski definition) is 4. The molecule has 0 atom stereocenters. The van der Waals surface area contributed by atoms with E-state index in [2.05, 4.69) is 146 Å². The van der Waals surface area contributed by atoms with Gasteiger partial charge in [0.2, 0.25) is 0 Å². The smallest absolute Gasteiger partial charge is 0.164 e. The summed E-state index contributed by atoms with van der Waals surface area (Å²) >= 11 is 0. The molecule has 2 heterocycles. The molecule has 0 aliphatic heterocycles. The van der Waals surface area contributed by atoms with Gasteiger partial charge in [0.25, 0.3) is 0 Å². The Labute approximate surface area is 317 Å². The lowest BCUT2D eigenvalue weighted by molar-refractivity contribution is 0.673. The van der Waals surface area contributed by atoms with E-state index in [1.165, 1.54) is 21.9 Å². The van der Waals surface area contributed by atoms with Crippen LogP contribution in [0.3, 0.4) is 0 Å². The van der Waals surface area contributed by atoms with Crippen LogP contribution < -0.4 is 0 Å². The van der Waals surface area contributed by atoms with E-state index in [1.54, 1.807) is 0 Å². The van der Waals surface area contributed by atoms with Crippen LogP contribution in [0.5, 0.6) is 0 Å². The summed E-state index contributed by atoms with van der Waals surface area (Å²) in [5.41, 5.74) is 9.11. The monoisotopic (exact) mass is 701 g/mol. The predicted molar refractivity (Wildman–Crippen MR) is 227 cm³/mol. The molecule has 55 heavy (non-hydrogen) atoms. The molecule has 0 bridgehead atoms. The van der Waals surface area contributed by atoms with Crippen LogP contribution in [-0.4, -0.2) is 15.0 Å². The predicted octanol–water partition coefficient (Wildman–Crippen LogP) is 13.6. The Morgan fingerprint density at radius 1 is 0.309 bits per heavy atom. The van der Waals surface area contributed by atoms with Crippen molar-refractivity contribution in [1.82, 2.24) is 15.0 Å². The van der Waals surface area contributed by atoms with Gasteiger partial charge in [-0.05, 0) is 61.3 Å². The Balaban J connectivity index is 1.13. The first-order valence-electron chi connectivity index (χ1n) is 18.5. The molecule has 0 saturated heterocycles. The second-order valence-corrected chi connectivity index (χ2v) is 13.9. The highest BCUT2D eigenvalue weighted by atomic mass is 16.3. The van der Waals surface area contributed by atoms with Gasteiger partial charge in [0, 0.05) is 32.8 Å². The Morgan fingerprint density at radius 2 is 0.818 bits per heavy atom. The fourth-order valence-electron chi connectivity index (χ4n) is 8.13. The van der Waals surface area contributed by atoms with Gasteiger partial charge >= 0.3 is 0 Å². The molecule has 0 radical (unpaired) electrons. The van der Waals surface area contributed by atoms with Gasteiger partial charge < -0.3 is 4.42 Å². The Hall–Kier alpha value is -7.43. The Kier molecular flexibility index (Phi) is 7.14. The maximum absolute atomic E-state index is 6.75. The minimum absolute atomic E-state index is 0.597. The summed E-state index contributed by atoms with van der Waals surface area (Å²) in [4.78, 5) is 15.5. The van der Waals surface area contributed by atoms with Crippen LogP contribution in [0, 0.1) is 0 Å². The minimum atomic E-state index is 0.597. The first-order chi connectivity index (χ1) is 27.3. The van der Waals surface area contributed by atoms with Crippen molar-refractivity contribution in [3.63, 3.8) is 0 Å². The summed E-state index contributed by atoms with van der Waals surface area (Å²) in [5.74, 6) is 1.85. The van der Waals surface area contributed by atoms with Crippen LogP contribution in [0.2, 0.25) is 0 Å². The summed E-state index contributed by atoms with van der Waals surface area (Å²) < 4.78 is 6.75. The quantitative estimate of drug-likeness (QED) is 0.179. The van der Waals surface area contributed by atoms with Gasteiger partial charge in [-0.15, -0.1) is 0 Å². The molecule has 0 aliphatic carbocycles. The van der Waals surface area contributed by atoms with Gasteiger partial charge in [-0.25, -0.2) is 15.0 Å². The van der Waals surface area contributed by atoms with E-state index in [0.717, 1.165) is 71.3 Å². The SMILES string of the molecule is c1ccc(-c2nc(-c3cccc4ccccc34)nc(-c3cccc4oc5c6ccccc6c(-c6ccc(-c7cccc8ccccc78)cc6)cc5c34)n2)cc1. The number of benzene rings is 9. The summed E-state index contributed by atoms with van der Waals surface area (Å²) in [5, 5.41) is 8.91. The highest BCUT2D eigenvalue weighted by Crippen LogP contribution is 2.43. The summed E-state index contributed by atoms with van der Waals surface area (Å²) in [6, 6.07) is 65.8. The van der Waals surface area contributed by atoms with Crippen molar-refractivity contribution < 1.29 is 4.42 Å². The highest BCUT2D eigenvalue weighted by Gasteiger charge is 2.21. The summed E-state index contributed by atoms with van der Waals surface area (Å²) in [6.07, 6.45) is 0. The van der Waals surface area contributed by atoms with Gasteiger partial charge in [-0.3, -0.25) is 0 Å². The fourth-order valence-corrected chi connectivity index (χ4v) is 8.13. The van der Waals surface area contributed by atoms with Gasteiger partial charge in [0.15, 0.2) is 17.5 Å². The number of aromatic nitrogens is 3. The van der Waals surface area contributed by atoms with E-state index >= 15 is 0 Å². The molecule has 0 aliphatic rings. The maximum Gasteiger partial charge on any atom is 0.164 e. The van der Waals surface area contributed by atoms with Crippen molar-refractivity contribution in [1.29, 1.82) is 0 Å². The molecule has 9 aromatic carbocycles. The summed E-state index contributed by atoms with van der Waals surface area (Å²) in [7, 11) is 0. The third-order valence-corrected chi connectivity index (χ3v) is 10.7. The highest BCUT2D eigenvalue weighted by molar-refractivity contribution is 6.22. The topological polar surface area (TPSA) is 51.8 Å². The molecule has 256 valence electrons.